The molecule has 0 saturated carbocycles. The third-order valence-corrected chi connectivity index (χ3v) is 6.90. The number of aromatic nitrogens is 4. The third-order valence-electron chi connectivity index (χ3n) is 6.90. The van der Waals surface area contributed by atoms with Crippen LogP contribution in [-0.2, 0) is 13.0 Å². The number of aryl methyl sites for hydroxylation is 1. The van der Waals surface area contributed by atoms with Crippen LogP contribution in [0, 0.1) is 6.92 Å². The summed E-state index contributed by atoms with van der Waals surface area (Å²) < 4.78 is 7.83. The van der Waals surface area contributed by atoms with Gasteiger partial charge in [-0.05, 0) is 54.2 Å². The highest BCUT2D eigenvalue weighted by Gasteiger charge is 2.20. The van der Waals surface area contributed by atoms with Crippen LogP contribution in [0.1, 0.15) is 33.7 Å². The molecule has 0 atom stereocenters. The van der Waals surface area contributed by atoms with E-state index in [4.69, 9.17) is 10.5 Å². The predicted molar refractivity (Wildman–Crippen MR) is 143 cm³/mol. The number of hydrogen-bond acceptors (Lipinski definition) is 7. The fraction of sp³-hybridized carbons (Fsp3) is 0.286. The fourth-order valence-electron chi connectivity index (χ4n) is 4.75. The molecule has 4 aromatic rings. The van der Waals surface area contributed by atoms with Crippen molar-refractivity contribution in [2.45, 2.75) is 32.4 Å². The molecule has 188 valence electrons. The van der Waals surface area contributed by atoms with Crippen LogP contribution >= 0.6 is 0 Å². The number of amides is 1. The first kappa shape index (κ1) is 23.2. The van der Waals surface area contributed by atoms with Gasteiger partial charge in [-0.3, -0.25) is 4.79 Å². The number of nitrogens with zero attached hydrogens (tertiary/aromatic N) is 4. The summed E-state index contributed by atoms with van der Waals surface area (Å²) in [5, 5.41) is 6.22. The van der Waals surface area contributed by atoms with Gasteiger partial charge in [0.1, 0.15) is 5.82 Å². The van der Waals surface area contributed by atoms with Gasteiger partial charge in [0, 0.05) is 18.7 Å². The van der Waals surface area contributed by atoms with Crippen LogP contribution in [0.3, 0.4) is 0 Å². The number of nitrogens with two attached hydrogens (primary N) is 1. The molecule has 2 aromatic heterocycles. The molecule has 4 bridgehead atoms. The van der Waals surface area contributed by atoms with E-state index in [0.717, 1.165) is 48.4 Å². The Hall–Kier alpha value is -4.24. The topological polar surface area (TPSA) is 120 Å². The fourth-order valence-corrected chi connectivity index (χ4v) is 4.75. The van der Waals surface area contributed by atoms with Crippen molar-refractivity contribution >= 4 is 22.9 Å². The number of rotatable bonds is 3. The Labute approximate surface area is 214 Å². The number of carbonyl (C=O) groups is 1. The van der Waals surface area contributed by atoms with Gasteiger partial charge < -0.3 is 25.7 Å². The van der Waals surface area contributed by atoms with E-state index in [1.807, 2.05) is 35.8 Å². The number of fused-ring (bicyclic) bond motifs is 3. The molecule has 1 fully saturated rings. The van der Waals surface area contributed by atoms with Crippen molar-refractivity contribution in [3.8, 4) is 17.1 Å². The number of carbonyl (C=O) groups excluding carboxylic acids is 1. The van der Waals surface area contributed by atoms with E-state index in [1.54, 1.807) is 0 Å². The molecule has 0 radical (unpaired) electrons. The average Bonchev–Trinajstić information content (AvgIpc) is 3.19. The number of allylic oxidation sites excluding steroid dienone is 1. The van der Waals surface area contributed by atoms with Crippen molar-refractivity contribution in [2.24, 2.45) is 0 Å². The zero-order valence-electron chi connectivity index (χ0n) is 20.7. The maximum absolute atomic E-state index is 12.5. The van der Waals surface area contributed by atoms with Crippen molar-refractivity contribution in [3.05, 3.63) is 77.1 Å². The van der Waals surface area contributed by atoms with E-state index in [2.05, 4.69) is 55.9 Å². The Morgan fingerprint density at radius 1 is 1.11 bits per heavy atom. The Kier molecular flexibility index (Phi) is 6.05. The van der Waals surface area contributed by atoms with Crippen molar-refractivity contribution in [1.82, 2.24) is 30.2 Å². The molecule has 9 nitrogen and oxygen atoms in total. The van der Waals surface area contributed by atoms with Gasteiger partial charge in [0.25, 0.3) is 5.91 Å². The van der Waals surface area contributed by atoms with Gasteiger partial charge in [0.15, 0.2) is 17.0 Å². The van der Waals surface area contributed by atoms with Crippen molar-refractivity contribution in [3.63, 3.8) is 0 Å². The van der Waals surface area contributed by atoms with Crippen molar-refractivity contribution in [2.75, 3.05) is 25.4 Å². The standard InChI is InChI=1S/C28H29N7O2/c1-17-31-24-25(29)33-28-34-26(24)35(17)16-18-6-11-23(21(13-18)5-3-2-4-12-37-28)19-7-9-20(10-8-19)27(36)32-22-14-30-15-22/h2-3,6-11,13,22,30H,4-5,12,14-16H2,1H3,(H,32,36)(H2,29,33,34)/b3-2+. The number of anilines is 1. The number of hydrogen-bond donors (Lipinski definition) is 3. The first-order chi connectivity index (χ1) is 18.0. The lowest BCUT2D eigenvalue weighted by atomic mass is 9.94. The predicted octanol–water partition coefficient (Wildman–Crippen LogP) is 3.02. The second kappa shape index (κ2) is 9.67. The maximum atomic E-state index is 12.5. The first-order valence-corrected chi connectivity index (χ1v) is 12.6. The number of imidazole rings is 1. The van der Waals surface area contributed by atoms with Gasteiger partial charge in [-0.25, -0.2) is 4.98 Å². The van der Waals surface area contributed by atoms with Crippen LogP contribution in [0.2, 0.25) is 0 Å². The van der Waals surface area contributed by atoms with Crippen molar-refractivity contribution < 1.29 is 9.53 Å². The highest BCUT2D eigenvalue weighted by atomic mass is 16.5. The summed E-state index contributed by atoms with van der Waals surface area (Å²) in [4.78, 5) is 26.0. The summed E-state index contributed by atoms with van der Waals surface area (Å²) in [7, 11) is 0. The highest BCUT2D eigenvalue weighted by Crippen LogP contribution is 2.28. The number of nitrogens with one attached hydrogen (secondary N) is 2. The van der Waals surface area contributed by atoms with Crippen LogP contribution in [-0.4, -0.2) is 51.2 Å². The summed E-state index contributed by atoms with van der Waals surface area (Å²) in [6, 6.07) is 14.9. The average molecular weight is 496 g/mol. The molecule has 0 spiro atoms. The van der Waals surface area contributed by atoms with Crippen molar-refractivity contribution in [1.29, 1.82) is 0 Å². The van der Waals surface area contributed by atoms with E-state index >= 15 is 0 Å². The Balaban J connectivity index is 1.34. The lowest BCUT2D eigenvalue weighted by Gasteiger charge is -2.27. The molecule has 1 saturated heterocycles. The molecule has 2 aromatic carbocycles. The molecule has 4 heterocycles. The largest absolute Gasteiger partial charge is 0.463 e. The SMILES string of the molecule is Cc1nc2c(N)nc3nc2n1Cc1ccc(-c2ccc(C(=O)NC4CNC4)cc2)c(c1)C/C=C/CCO3. The lowest BCUT2D eigenvalue weighted by Crippen LogP contribution is -2.56. The minimum absolute atomic E-state index is 0.0317. The molecular weight excluding hydrogens is 466 g/mol. The summed E-state index contributed by atoms with van der Waals surface area (Å²) in [6.07, 6.45) is 5.79. The second-order valence-electron chi connectivity index (χ2n) is 9.52. The zero-order chi connectivity index (χ0) is 25.4. The third kappa shape index (κ3) is 4.65. The molecule has 1 amide bonds. The van der Waals surface area contributed by atoms with E-state index < -0.39 is 0 Å². The molecule has 2 aliphatic heterocycles. The number of ether oxygens (including phenoxy) is 1. The molecule has 6 rings (SSSR count). The first-order valence-electron chi connectivity index (χ1n) is 12.6. The van der Waals surface area contributed by atoms with E-state index in [9.17, 15) is 4.79 Å². The van der Waals surface area contributed by atoms with E-state index in [1.165, 1.54) is 5.56 Å². The van der Waals surface area contributed by atoms with Crippen LogP contribution in [0.4, 0.5) is 5.82 Å². The van der Waals surface area contributed by atoms with Gasteiger partial charge >= 0.3 is 6.01 Å². The van der Waals surface area contributed by atoms with Crippen LogP contribution in [0.25, 0.3) is 22.3 Å². The molecule has 9 heteroatoms. The number of benzene rings is 2. The highest BCUT2D eigenvalue weighted by molar-refractivity contribution is 5.95. The molecule has 0 aliphatic carbocycles. The second-order valence-corrected chi connectivity index (χ2v) is 9.52. The van der Waals surface area contributed by atoms with Gasteiger partial charge in [0.2, 0.25) is 0 Å². The van der Waals surface area contributed by atoms with E-state index in [-0.39, 0.29) is 18.0 Å². The Morgan fingerprint density at radius 3 is 2.73 bits per heavy atom. The quantitative estimate of drug-likeness (QED) is 0.374. The Bertz CT molecular complexity index is 1500. The van der Waals surface area contributed by atoms with Crippen LogP contribution in [0.15, 0.2) is 54.6 Å². The summed E-state index contributed by atoms with van der Waals surface area (Å²) in [6.45, 7) is 4.67. The normalized spacial score (nSPS) is 16.6. The molecular formula is C28H29N7O2. The van der Waals surface area contributed by atoms with Crippen LogP contribution < -0.4 is 21.1 Å². The summed E-state index contributed by atoms with van der Waals surface area (Å²) in [5.41, 5.74) is 12.7. The summed E-state index contributed by atoms with van der Waals surface area (Å²) >= 11 is 0. The minimum atomic E-state index is -0.0317. The molecule has 4 N–H and O–H groups in total. The van der Waals surface area contributed by atoms with Gasteiger partial charge in [-0.15, -0.1) is 0 Å². The monoisotopic (exact) mass is 495 g/mol. The Morgan fingerprint density at radius 2 is 1.95 bits per heavy atom. The molecule has 2 aliphatic rings. The lowest BCUT2D eigenvalue weighted by molar-refractivity contribution is 0.0924. The van der Waals surface area contributed by atoms with Gasteiger partial charge in [-0.2, -0.15) is 9.97 Å². The summed E-state index contributed by atoms with van der Waals surface area (Å²) in [5.74, 6) is 1.11. The van der Waals surface area contributed by atoms with Gasteiger partial charge in [-0.1, -0.05) is 42.5 Å². The number of nitrogen functional groups attached to an aromatic ring is 1. The van der Waals surface area contributed by atoms with Gasteiger partial charge in [0.05, 0.1) is 19.2 Å². The molecule has 0 unspecified atom stereocenters. The molecule has 37 heavy (non-hydrogen) atoms. The smallest absolute Gasteiger partial charge is 0.320 e. The van der Waals surface area contributed by atoms with Crippen LogP contribution in [0.5, 0.6) is 6.01 Å². The van der Waals surface area contributed by atoms with E-state index in [0.29, 0.717) is 35.7 Å². The zero-order valence-corrected chi connectivity index (χ0v) is 20.7. The maximum Gasteiger partial charge on any atom is 0.320 e. The minimum Gasteiger partial charge on any atom is -0.463 e.